The molecule has 2 atom stereocenters. The van der Waals surface area contributed by atoms with E-state index in [1.54, 1.807) is 13.8 Å². The van der Waals surface area contributed by atoms with Gasteiger partial charge in [0, 0.05) is 6.07 Å². The molecule has 5 N–H and O–H groups in total. The number of nitrogens with two attached hydrogens (primary N) is 1. The van der Waals surface area contributed by atoms with E-state index in [4.69, 9.17) is 10.6 Å². The monoisotopic (exact) mass is 313 g/mol. The molecule has 10 heteroatoms. The van der Waals surface area contributed by atoms with Gasteiger partial charge >= 0.3 is 0 Å². The average Bonchev–Trinajstić information content (AvgIpc) is 2.86. The largest absolute Gasteiger partial charge is 0.503 e. The van der Waals surface area contributed by atoms with Crippen LogP contribution in [0.15, 0.2) is 27.2 Å². The van der Waals surface area contributed by atoms with Gasteiger partial charge in [0.2, 0.25) is 5.43 Å². The van der Waals surface area contributed by atoms with Crippen LogP contribution in [0.1, 0.15) is 25.6 Å². The third-order valence-electron chi connectivity index (χ3n) is 2.68. The lowest BCUT2D eigenvalue weighted by molar-refractivity contribution is 0.0472. The van der Waals surface area contributed by atoms with Crippen molar-refractivity contribution in [2.75, 3.05) is 0 Å². The van der Waals surface area contributed by atoms with Crippen LogP contribution in [-0.2, 0) is 4.84 Å². The fourth-order valence-corrected chi connectivity index (χ4v) is 2.14. The number of rotatable bonds is 4. The molecule has 0 radical (unpaired) electrons. The van der Waals surface area contributed by atoms with Gasteiger partial charge in [-0.2, -0.15) is 4.73 Å². The van der Waals surface area contributed by atoms with Gasteiger partial charge in [0.05, 0.1) is 6.20 Å². The molecule has 2 rings (SSSR count). The summed E-state index contributed by atoms with van der Waals surface area (Å²) in [6.45, 7) is 3.28. The zero-order chi connectivity index (χ0) is 15.6. The summed E-state index contributed by atoms with van der Waals surface area (Å²) in [4.78, 5) is 20.7. The lowest BCUT2D eigenvalue weighted by Crippen LogP contribution is -2.21. The van der Waals surface area contributed by atoms with Gasteiger partial charge in [-0.3, -0.25) is 10.5 Å². The molecule has 0 saturated heterocycles. The van der Waals surface area contributed by atoms with Gasteiger partial charge in [-0.1, -0.05) is 5.16 Å². The minimum absolute atomic E-state index is 0.154. The van der Waals surface area contributed by atoms with E-state index in [0.29, 0.717) is 16.3 Å². The highest BCUT2D eigenvalue weighted by Gasteiger charge is 2.18. The first-order valence-electron chi connectivity index (χ1n) is 5.99. The maximum Gasteiger partial charge on any atom is 0.223 e. The Morgan fingerprint density at radius 1 is 1.71 bits per heavy atom. The lowest BCUT2D eigenvalue weighted by Gasteiger charge is -2.13. The fourth-order valence-electron chi connectivity index (χ4n) is 1.55. The predicted octanol–water partition coefficient (Wildman–Crippen LogP) is 0.137. The van der Waals surface area contributed by atoms with Gasteiger partial charge in [0.1, 0.15) is 11.4 Å². The van der Waals surface area contributed by atoms with Crippen LogP contribution in [0.4, 0.5) is 0 Å². The molecule has 2 unspecified atom stereocenters. The first-order chi connectivity index (χ1) is 9.88. The zero-order valence-electron chi connectivity index (χ0n) is 11.3. The highest BCUT2D eigenvalue weighted by atomic mass is 32.2. The SMILES string of the molecule is C/C(=N\OC(C)c1cc(=O)c(O)cn1O)C1=NC(N)SN1. The summed E-state index contributed by atoms with van der Waals surface area (Å²) in [6, 6.07) is 1.07. The summed E-state index contributed by atoms with van der Waals surface area (Å²) in [5.41, 5.74) is 5.22. The number of amidine groups is 1. The number of nitrogens with one attached hydrogen (secondary N) is 1. The van der Waals surface area contributed by atoms with Gasteiger partial charge in [-0.25, -0.2) is 4.99 Å². The Labute approximate surface area is 124 Å². The number of pyridine rings is 1. The molecule has 0 amide bonds. The maximum absolute atomic E-state index is 11.4. The Balaban J connectivity index is 2.12. The number of hydrogen-bond acceptors (Lipinski definition) is 9. The van der Waals surface area contributed by atoms with Crippen molar-refractivity contribution >= 4 is 23.5 Å². The second kappa shape index (κ2) is 6.06. The topological polar surface area (TPSA) is 134 Å². The Hall–Kier alpha value is -2.20. The number of hydrogen-bond donors (Lipinski definition) is 4. The normalized spacial score (nSPS) is 19.9. The van der Waals surface area contributed by atoms with Crippen molar-refractivity contribution in [2.45, 2.75) is 25.4 Å². The van der Waals surface area contributed by atoms with Crippen molar-refractivity contribution in [3.05, 3.63) is 28.2 Å². The van der Waals surface area contributed by atoms with E-state index < -0.39 is 17.3 Å². The highest BCUT2D eigenvalue weighted by Crippen LogP contribution is 2.17. The molecule has 0 aromatic carbocycles. The molecule has 114 valence electrons. The number of aromatic nitrogens is 1. The van der Waals surface area contributed by atoms with Crippen LogP contribution in [0.2, 0.25) is 0 Å². The molecule has 0 saturated carbocycles. The quantitative estimate of drug-likeness (QED) is 0.269. The van der Waals surface area contributed by atoms with Crippen LogP contribution in [-0.4, -0.2) is 32.1 Å². The number of nitrogens with zero attached hydrogens (tertiary/aromatic N) is 3. The molecule has 2 heterocycles. The summed E-state index contributed by atoms with van der Waals surface area (Å²) < 4.78 is 3.51. The molecule has 1 aliphatic heterocycles. The Morgan fingerprint density at radius 3 is 3.05 bits per heavy atom. The minimum atomic E-state index is -0.707. The molecule has 9 nitrogen and oxygen atoms in total. The second-order valence-electron chi connectivity index (χ2n) is 4.30. The molecule has 1 aliphatic rings. The molecule has 0 aliphatic carbocycles. The van der Waals surface area contributed by atoms with Crippen LogP contribution in [0.25, 0.3) is 0 Å². The third-order valence-corrected chi connectivity index (χ3v) is 3.34. The van der Waals surface area contributed by atoms with Crippen LogP contribution in [0.5, 0.6) is 5.75 Å². The van der Waals surface area contributed by atoms with Gasteiger partial charge < -0.3 is 19.9 Å². The maximum atomic E-state index is 11.4. The second-order valence-corrected chi connectivity index (χ2v) is 5.23. The van der Waals surface area contributed by atoms with Gasteiger partial charge in [-0.15, -0.1) is 0 Å². The van der Waals surface area contributed by atoms with Gasteiger partial charge in [0.25, 0.3) is 0 Å². The van der Waals surface area contributed by atoms with Crippen LogP contribution >= 0.6 is 11.9 Å². The van der Waals surface area contributed by atoms with E-state index >= 15 is 0 Å². The fraction of sp³-hybridized carbons (Fsp3) is 0.364. The van der Waals surface area contributed by atoms with Gasteiger partial charge in [-0.05, 0) is 25.8 Å². The molecule has 1 aromatic rings. The van der Waals surface area contributed by atoms with Crippen molar-refractivity contribution in [3.8, 4) is 5.75 Å². The molecular weight excluding hydrogens is 298 g/mol. The lowest BCUT2D eigenvalue weighted by atomic mass is 10.2. The first-order valence-corrected chi connectivity index (χ1v) is 6.87. The first kappa shape index (κ1) is 15.2. The third kappa shape index (κ3) is 3.47. The standard InChI is InChI=1S/C11H15N5O4S/c1-5(10-13-11(12)21-15-10)14-20-6(2)7-3-8(17)9(18)4-16(7)19/h3-4,6,11,18-19H,12H2,1-2H3,(H,13,15)/b14-5+. The zero-order valence-corrected chi connectivity index (χ0v) is 12.2. The van der Waals surface area contributed by atoms with Crippen molar-refractivity contribution in [3.63, 3.8) is 0 Å². The number of aromatic hydroxyl groups is 1. The molecule has 1 aromatic heterocycles. The van der Waals surface area contributed by atoms with E-state index in [9.17, 15) is 15.1 Å². The van der Waals surface area contributed by atoms with E-state index in [1.807, 2.05) is 0 Å². The molecular formula is C11H15N5O4S. The number of aliphatic imine (C=N–C) groups is 1. The Morgan fingerprint density at radius 2 is 2.43 bits per heavy atom. The summed E-state index contributed by atoms with van der Waals surface area (Å²) in [5, 5.41) is 22.7. The molecule has 21 heavy (non-hydrogen) atoms. The van der Waals surface area contributed by atoms with E-state index in [-0.39, 0.29) is 11.2 Å². The van der Waals surface area contributed by atoms with Gasteiger partial charge in [0.15, 0.2) is 23.2 Å². The average molecular weight is 313 g/mol. The predicted molar refractivity (Wildman–Crippen MR) is 78.3 cm³/mol. The summed E-state index contributed by atoms with van der Waals surface area (Å²) in [7, 11) is 0. The Bertz CT molecular complexity index is 657. The summed E-state index contributed by atoms with van der Waals surface area (Å²) in [5.74, 6) is -0.0459. The summed E-state index contributed by atoms with van der Waals surface area (Å²) in [6.07, 6.45) is 0.188. The van der Waals surface area contributed by atoms with Crippen LogP contribution < -0.4 is 15.9 Å². The highest BCUT2D eigenvalue weighted by molar-refractivity contribution is 7.98. The molecule has 0 bridgehead atoms. The number of oxime groups is 1. The van der Waals surface area contributed by atoms with Crippen molar-refractivity contribution in [2.24, 2.45) is 15.9 Å². The van der Waals surface area contributed by atoms with E-state index in [0.717, 1.165) is 12.3 Å². The minimum Gasteiger partial charge on any atom is -0.503 e. The smallest absolute Gasteiger partial charge is 0.223 e. The van der Waals surface area contributed by atoms with E-state index in [2.05, 4.69) is 14.9 Å². The molecule has 0 spiro atoms. The van der Waals surface area contributed by atoms with Crippen molar-refractivity contribution < 1.29 is 15.2 Å². The van der Waals surface area contributed by atoms with Crippen LogP contribution in [0.3, 0.4) is 0 Å². The van der Waals surface area contributed by atoms with Crippen LogP contribution in [0, 0.1) is 0 Å². The Kier molecular flexibility index (Phi) is 4.38. The van der Waals surface area contributed by atoms with E-state index in [1.165, 1.54) is 11.9 Å². The summed E-state index contributed by atoms with van der Waals surface area (Å²) >= 11 is 1.24. The van der Waals surface area contributed by atoms with Crippen molar-refractivity contribution in [1.82, 2.24) is 9.45 Å². The van der Waals surface area contributed by atoms with Crippen molar-refractivity contribution in [1.29, 1.82) is 0 Å². The molecule has 0 fully saturated rings.